The number of aliphatic hydroxyl groups excluding tert-OH is 4. The molecule has 6 atom stereocenters. The molecule has 0 saturated carbocycles. The molecule has 0 radical (unpaired) electrons. The summed E-state index contributed by atoms with van der Waals surface area (Å²) in [4.78, 5) is 24.0. The number of carbonyl (C=O) groups excluding carboxylic acids is 2. The summed E-state index contributed by atoms with van der Waals surface area (Å²) in [5.41, 5.74) is 0. The Morgan fingerprint density at radius 2 is 1.65 bits per heavy atom. The SMILES string of the molecule is CCCCCCCC(=O)O[C@@H](CO)COC(=O)CCC/C=C\C[C@H]1[C@@H](O)CC(O)O[C@@H]1/C=C/[C@@H](O)CCCCC. The van der Waals surface area contributed by atoms with Crippen LogP contribution in [-0.4, -0.2) is 76.3 Å². The van der Waals surface area contributed by atoms with Gasteiger partial charge in [-0.05, 0) is 32.1 Å². The van der Waals surface area contributed by atoms with Crippen LogP contribution in [0.25, 0.3) is 0 Å². The van der Waals surface area contributed by atoms with E-state index in [4.69, 9.17) is 14.2 Å². The van der Waals surface area contributed by atoms with E-state index < -0.39 is 43.3 Å². The molecule has 1 aliphatic rings. The number of carbonyl (C=O) groups is 2. The lowest BCUT2D eigenvalue weighted by Gasteiger charge is -2.36. The fourth-order valence-corrected chi connectivity index (χ4v) is 4.59. The maximum atomic E-state index is 12.1. The summed E-state index contributed by atoms with van der Waals surface area (Å²) in [6.45, 7) is 3.67. The summed E-state index contributed by atoms with van der Waals surface area (Å²) >= 11 is 0. The van der Waals surface area contributed by atoms with Gasteiger partial charge in [-0.2, -0.15) is 0 Å². The van der Waals surface area contributed by atoms with E-state index in [0.29, 0.717) is 32.1 Å². The second-order valence-electron chi connectivity index (χ2n) is 10.7. The van der Waals surface area contributed by atoms with Gasteiger partial charge >= 0.3 is 11.9 Å². The van der Waals surface area contributed by atoms with Crippen molar-refractivity contribution in [3.63, 3.8) is 0 Å². The molecule has 232 valence electrons. The third-order valence-corrected chi connectivity index (χ3v) is 7.04. The lowest BCUT2D eigenvalue weighted by molar-refractivity contribution is -0.199. The van der Waals surface area contributed by atoms with Crippen molar-refractivity contribution in [1.82, 2.24) is 0 Å². The van der Waals surface area contributed by atoms with E-state index in [2.05, 4.69) is 13.8 Å². The Hall–Kier alpha value is -1.78. The molecule has 0 aliphatic carbocycles. The molecule has 0 aromatic carbocycles. The maximum Gasteiger partial charge on any atom is 0.306 e. The number of allylic oxidation sites excluding steroid dienone is 2. The van der Waals surface area contributed by atoms with Crippen molar-refractivity contribution in [2.45, 2.75) is 141 Å². The average Bonchev–Trinajstić information content (AvgIpc) is 2.92. The highest BCUT2D eigenvalue weighted by Crippen LogP contribution is 2.29. The highest BCUT2D eigenvalue weighted by Gasteiger charge is 2.35. The first kappa shape index (κ1) is 36.2. The molecule has 4 N–H and O–H groups in total. The normalized spacial score (nSPS) is 22.9. The minimum atomic E-state index is -1.04. The van der Waals surface area contributed by atoms with Crippen molar-refractivity contribution in [2.75, 3.05) is 13.2 Å². The van der Waals surface area contributed by atoms with E-state index in [1.54, 1.807) is 12.2 Å². The predicted octanol–water partition coefficient (Wildman–Crippen LogP) is 4.49. The van der Waals surface area contributed by atoms with Gasteiger partial charge < -0.3 is 34.6 Å². The van der Waals surface area contributed by atoms with Gasteiger partial charge in [0.15, 0.2) is 12.4 Å². The fraction of sp³-hybridized carbons (Fsp3) is 0.806. The topological polar surface area (TPSA) is 143 Å². The van der Waals surface area contributed by atoms with Gasteiger partial charge in [0.05, 0.1) is 24.9 Å². The van der Waals surface area contributed by atoms with Crippen LogP contribution in [0.15, 0.2) is 24.3 Å². The van der Waals surface area contributed by atoms with Gasteiger partial charge in [-0.15, -0.1) is 0 Å². The zero-order chi connectivity index (χ0) is 29.6. The standard InChI is InChI=1S/C31H54O9/c1-3-5-7-8-14-18-30(36)39-25(22-32)23-38-29(35)17-13-10-9-12-16-26-27(34)21-31(37)40-28(26)20-19-24(33)15-11-6-4-2/h9,12,19-20,24-28,31-34,37H,3-8,10-11,13-18,21-23H2,1-2H3/b12-9-,20-19+/t24-,25-,26-,27-,28+,31?/m0/s1. The molecule has 9 nitrogen and oxygen atoms in total. The number of hydrogen-bond donors (Lipinski definition) is 4. The number of esters is 2. The lowest BCUT2D eigenvalue weighted by atomic mass is 9.87. The molecule has 0 spiro atoms. The summed E-state index contributed by atoms with van der Waals surface area (Å²) in [6.07, 6.45) is 14.7. The van der Waals surface area contributed by atoms with Crippen LogP contribution in [0.4, 0.5) is 0 Å². The third-order valence-electron chi connectivity index (χ3n) is 7.04. The van der Waals surface area contributed by atoms with Gasteiger partial charge in [0.1, 0.15) is 6.61 Å². The first-order valence-electron chi connectivity index (χ1n) is 15.3. The fourth-order valence-electron chi connectivity index (χ4n) is 4.59. The molecule has 0 amide bonds. The van der Waals surface area contributed by atoms with E-state index in [0.717, 1.165) is 51.4 Å². The first-order chi connectivity index (χ1) is 19.3. The molecule has 0 aromatic heterocycles. The zero-order valence-corrected chi connectivity index (χ0v) is 24.6. The molecule has 0 bridgehead atoms. The van der Waals surface area contributed by atoms with Crippen LogP contribution in [0.5, 0.6) is 0 Å². The highest BCUT2D eigenvalue weighted by atomic mass is 16.6. The molecule has 40 heavy (non-hydrogen) atoms. The molecule has 1 saturated heterocycles. The number of aliphatic hydroxyl groups is 4. The van der Waals surface area contributed by atoms with Crippen molar-refractivity contribution in [1.29, 1.82) is 0 Å². The van der Waals surface area contributed by atoms with Crippen molar-refractivity contribution < 1.29 is 44.2 Å². The maximum absolute atomic E-state index is 12.1. The van der Waals surface area contributed by atoms with E-state index in [1.807, 2.05) is 12.2 Å². The summed E-state index contributed by atoms with van der Waals surface area (Å²) in [7, 11) is 0. The van der Waals surface area contributed by atoms with Crippen LogP contribution in [0.1, 0.15) is 110 Å². The van der Waals surface area contributed by atoms with Gasteiger partial charge in [0.25, 0.3) is 0 Å². The van der Waals surface area contributed by atoms with Gasteiger partial charge in [-0.3, -0.25) is 9.59 Å². The quantitative estimate of drug-likeness (QED) is 0.0841. The Kier molecular flexibility index (Phi) is 20.7. The molecule has 1 fully saturated rings. The molecular weight excluding hydrogens is 516 g/mol. The van der Waals surface area contributed by atoms with Crippen molar-refractivity contribution >= 4 is 11.9 Å². The van der Waals surface area contributed by atoms with Crippen LogP contribution >= 0.6 is 0 Å². The Morgan fingerprint density at radius 3 is 2.38 bits per heavy atom. The van der Waals surface area contributed by atoms with E-state index >= 15 is 0 Å². The van der Waals surface area contributed by atoms with Crippen molar-refractivity contribution in [3.05, 3.63) is 24.3 Å². The summed E-state index contributed by atoms with van der Waals surface area (Å²) < 4.78 is 16.0. The number of unbranched alkanes of at least 4 members (excludes halogenated alkanes) is 7. The summed E-state index contributed by atoms with van der Waals surface area (Å²) in [5, 5.41) is 40.0. The minimum Gasteiger partial charge on any atom is -0.462 e. The third kappa shape index (κ3) is 17.1. The Morgan fingerprint density at radius 1 is 0.950 bits per heavy atom. The number of rotatable bonds is 22. The van der Waals surface area contributed by atoms with Gasteiger partial charge in [0, 0.05) is 25.2 Å². The van der Waals surface area contributed by atoms with Gasteiger partial charge in [-0.25, -0.2) is 0 Å². The second-order valence-corrected chi connectivity index (χ2v) is 10.7. The van der Waals surface area contributed by atoms with Crippen LogP contribution in [0.2, 0.25) is 0 Å². The second kappa shape index (κ2) is 22.9. The zero-order valence-electron chi connectivity index (χ0n) is 24.6. The molecule has 9 heteroatoms. The van der Waals surface area contributed by atoms with E-state index in [9.17, 15) is 30.0 Å². The smallest absolute Gasteiger partial charge is 0.306 e. The lowest BCUT2D eigenvalue weighted by Crippen LogP contribution is -2.43. The van der Waals surface area contributed by atoms with Crippen molar-refractivity contribution in [2.24, 2.45) is 5.92 Å². The number of hydrogen-bond acceptors (Lipinski definition) is 9. The Labute approximate surface area is 240 Å². The first-order valence-corrected chi connectivity index (χ1v) is 15.3. The van der Waals surface area contributed by atoms with Crippen LogP contribution in [-0.2, 0) is 23.8 Å². The molecule has 1 heterocycles. The molecule has 1 rings (SSSR count). The average molecular weight is 571 g/mol. The van der Waals surface area contributed by atoms with Crippen LogP contribution in [0, 0.1) is 5.92 Å². The number of ether oxygens (including phenoxy) is 3. The molecule has 1 unspecified atom stereocenters. The summed E-state index contributed by atoms with van der Waals surface area (Å²) in [5.74, 6) is -1.06. The largest absolute Gasteiger partial charge is 0.462 e. The molecule has 1 aliphatic heterocycles. The Bertz CT molecular complexity index is 724. The highest BCUT2D eigenvalue weighted by molar-refractivity contribution is 5.70. The molecule has 0 aromatic rings. The van der Waals surface area contributed by atoms with Gasteiger partial charge in [-0.1, -0.05) is 83.1 Å². The van der Waals surface area contributed by atoms with Crippen molar-refractivity contribution in [3.8, 4) is 0 Å². The predicted molar refractivity (Wildman–Crippen MR) is 153 cm³/mol. The Balaban J connectivity index is 2.33. The van der Waals surface area contributed by atoms with Gasteiger partial charge in [0.2, 0.25) is 0 Å². The minimum absolute atomic E-state index is 0.136. The van der Waals surface area contributed by atoms with E-state index in [-0.39, 0.29) is 31.3 Å². The van der Waals surface area contributed by atoms with E-state index in [1.165, 1.54) is 0 Å². The molecular formula is C31H54O9. The monoisotopic (exact) mass is 570 g/mol. The summed E-state index contributed by atoms with van der Waals surface area (Å²) in [6, 6.07) is 0. The van der Waals surface area contributed by atoms with Crippen LogP contribution < -0.4 is 0 Å². The van der Waals surface area contributed by atoms with Crippen LogP contribution in [0.3, 0.4) is 0 Å².